The van der Waals surface area contributed by atoms with Gasteiger partial charge in [-0.3, -0.25) is 9.59 Å². The molecule has 29 heavy (non-hydrogen) atoms. The van der Waals surface area contributed by atoms with Crippen LogP contribution in [0.4, 0.5) is 0 Å². The molecule has 0 aliphatic carbocycles. The van der Waals surface area contributed by atoms with Crippen LogP contribution in [-0.4, -0.2) is 60.9 Å². The number of hydrogen-bond acceptors (Lipinski definition) is 4. The SMILES string of the molecule is C[C@H](CN(CC(=O)N1CCNCC1)C(=O)c1ccc(C#N)cc1)c1ccccc1. The summed E-state index contributed by atoms with van der Waals surface area (Å²) in [7, 11) is 0. The van der Waals surface area contributed by atoms with Gasteiger partial charge >= 0.3 is 0 Å². The predicted octanol–water partition coefficient (Wildman–Crippen LogP) is 2.24. The minimum absolute atomic E-state index is 0.0336. The van der Waals surface area contributed by atoms with Gasteiger partial charge in [-0.25, -0.2) is 0 Å². The Balaban J connectivity index is 1.78. The van der Waals surface area contributed by atoms with E-state index < -0.39 is 0 Å². The van der Waals surface area contributed by atoms with E-state index in [2.05, 4.69) is 18.3 Å². The zero-order valence-electron chi connectivity index (χ0n) is 16.7. The maximum atomic E-state index is 13.2. The van der Waals surface area contributed by atoms with Crippen LogP contribution < -0.4 is 5.32 Å². The predicted molar refractivity (Wildman–Crippen MR) is 111 cm³/mol. The van der Waals surface area contributed by atoms with Crippen LogP contribution in [0.25, 0.3) is 0 Å². The Labute approximate surface area is 171 Å². The second-order valence-corrected chi connectivity index (χ2v) is 7.32. The Morgan fingerprint density at radius 1 is 1.10 bits per heavy atom. The van der Waals surface area contributed by atoms with Crippen molar-refractivity contribution < 1.29 is 9.59 Å². The Hall–Kier alpha value is -3.17. The van der Waals surface area contributed by atoms with Gasteiger partial charge in [0, 0.05) is 38.3 Å². The number of nitrogens with zero attached hydrogens (tertiary/aromatic N) is 3. The summed E-state index contributed by atoms with van der Waals surface area (Å²) in [6.45, 7) is 5.42. The van der Waals surface area contributed by atoms with Crippen molar-refractivity contribution in [3.8, 4) is 6.07 Å². The van der Waals surface area contributed by atoms with Crippen LogP contribution in [0.3, 0.4) is 0 Å². The van der Waals surface area contributed by atoms with Gasteiger partial charge < -0.3 is 15.1 Å². The van der Waals surface area contributed by atoms with Gasteiger partial charge in [-0.1, -0.05) is 37.3 Å². The van der Waals surface area contributed by atoms with E-state index in [0.29, 0.717) is 30.8 Å². The first-order valence-electron chi connectivity index (χ1n) is 9.91. The van der Waals surface area contributed by atoms with Gasteiger partial charge in [0.2, 0.25) is 5.91 Å². The lowest BCUT2D eigenvalue weighted by atomic mass is 10.00. The molecule has 2 aromatic carbocycles. The standard InChI is InChI=1S/C23H26N4O2/c1-18(20-5-3-2-4-6-20)16-27(17-22(28)26-13-11-25-12-14-26)23(29)21-9-7-19(15-24)8-10-21/h2-10,18,25H,11-14,16-17H2,1H3/t18-/m1/s1. The summed E-state index contributed by atoms with van der Waals surface area (Å²) in [5, 5.41) is 12.2. The maximum absolute atomic E-state index is 13.2. The molecule has 1 aliphatic heterocycles. The van der Waals surface area contributed by atoms with Gasteiger partial charge in [-0.2, -0.15) is 5.26 Å². The van der Waals surface area contributed by atoms with Crippen molar-refractivity contribution in [2.75, 3.05) is 39.3 Å². The molecule has 6 nitrogen and oxygen atoms in total. The molecular weight excluding hydrogens is 364 g/mol. The summed E-state index contributed by atoms with van der Waals surface area (Å²) in [4.78, 5) is 29.5. The van der Waals surface area contributed by atoms with Crippen molar-refractivity contribution in [2.24, 2.45) is 0 Å². The second-order valence-electron chi connectivity index (χ2n) is 7.32. The number of nitriles is 1. The maximum Gasteiger partial charge on any atom is 0.254 e. The molecule has 0 aromatic heterocycles. The van der Waals surface area contributed by atoms with Crippen LogP contribution >= 0.6 is 0 Å². The minimum Gasteiger partial charge on any atom is -0.339 e. The van der Waals surface area contributed by atoms with Crippen molar-refractivity contribution in [2.45, 2.75) is 12.8 Å². The molecule has 2 amide bonds. The summed E-state index contributed by atoms with van der Waals surface area (Å²) in [5.74, 6) is -0.135. The van der Waals surface area contributed by atoms with Gasteiger partial charge in [-0.05, 0) is 35.7 Å². The molecule has 6 heteroatoms. The van der Waals surface area contributed by atoms with Gasteiger partial charge in [-0.15, -0.1) is 0 Å². The summed E-state index contributed by atoms with van der Waals surface area (Å²) >= 11 is 0. The molecule has 3 rings (SSSR count). The van der Waals surface area contributed by atoms with Crippen LogP contribution in [0.1, 0.15) is 34.3 Å². The average molecular weight is 390 g/mol. The zero-order chi connectivity index (χ0) is 20.6. The van der Waals surface area contributed by atoms with Gasteiger partial charge in [0.05, 0.1) is 11.6 Å². The van der Waals surface area contributed by atoms with Crippen molar-refractivity contribution in [1.82, 2.24) is 15.1 Å². The second kappa shape index (κ2) is 9.85. The molecule has 150 valence electrons. The molecule has 1 atom stereocenters. The third-order valence-electron chi connectivity index (χ3n) is 5.21. The van der Waals surface area contributed by atoms with Gasteiger partial charge in [0.25, 0.3) is 5.91 Å². The molecule has 1 saturated heterocycles. The van der Waals surface area contributed by atoms with Crippen LogP contribution in [0.2, 0.25) is 0 Å². The van der Waals surface area contributed by atoms with E-state index >= 15 is 0 Å². The number of benzene rings is 2. The van der Waals surface area contributed by atoms with Crippen molar-refractivity contribution >= 4 is 11.8 Å². The molecule has 1 aliphatic rings. The largest absolute Gasteiger partial charge is 0.339 e. The van der Waals surface area contributed by atoms with Crippen LogP contribution in [0, 0.1) is 11.3 Å². The third kappa shape index (κ3) is 5.43. The number of nitrogens with one attached hydrogen (secondary N) is 1. The number of amides is 2. The highest BCUT2D eigenvalue weighted by atomic mass is 16.2. The monoisotopic (exact) mass is 390 g/mol. The molecule has 0 unspecified atom stereocenters. The smallest absolute Gasteiger partial charge is 0.254 e. The van der Waals surface area contributed by atoms with Gasteiger partial charge in [0.15, 0.2) is 0 Å². The molecule has 0 radical (unpaired) electrons. The average Bonchev–Trinajstić information content (AvgIpc) is 2.79. The van der Waals surface area contributed by atoms with Crippen molar-refractivity contribution in [1.29, 1.82) is 5.26 Å². The summed E-state index contributed by atoms with van der Waals surface area (Å²) in [6, 6.07) is 18.6. The summed E-state index contributed by atoms with van der Waals surface area (Å²) in [5.41, 5.74) is 2.11. The highest BCUT2D eigenvalue weighted by Crippen LogP contribution is 2.18. The lowest BCUT2D eigenvalue weighted by Gasteiger charge is -2.31. The Bertz CT molecular complexity index is 868. The van der Waals surface area contributed by atoms with Crippen molar-refractivity contribution in [3.05, 3.63) is 71.3 Å². The fraction of sp³-hybridized carbons (Fsp3) is 0.348. The first-order valence-corrected chi connectivity index (χ1v) is 9.91. The topological polar surface area (TPSA) is 76.4 Å². The zero-order valence-corrected chi connectivity index (χ0v) is 16.7. The number of hydrogen-bond donors (Lipinski definition) is 1. The van der Waals surface area contributed by atoms with E-state index in [-0.39, 0.29) is 24.3 Å². The molecule has 1 heterocycles. The molecule has 0 bridgehead atoms. The minimum atomic E-state index is -0.194. The number of rotatable bonds is 6. The van der Waals surface area contributed by atoms with E-state index in [1.807, 2.05) is 35.2 Å². The summed E-state index contributed by atoms with van der Waals surface area (Å²) < 4.78 is 0. The Morgan fingerprint density at radius 2 is 1.76 bits per heavy atom. The lowest BCUT2D eigenvalue weighted by molar-refractivity contribution is -0.132. The highest BCUT2D eigenvalue weighted by Gasteiger charge is 2.25. The fourth-order valence-corrected chi connectivity index (χ4v) is 3.48. The van der Waals surface area contributed by atoms with Crippen LogP contribution in [0.15, 0.2) is 54.6 Å². The van der Waals surface area contributed by atoms with E-state index in [0.717, 1.165) is 18.7 Å². The first kappa shape index (κ1) is 20.6. The van der Waals surface area contributed by atoms with E-state index in [1.54, 1.807) is 29.2 Å². The molecule has 1 N–H and O–H groups in total. The fourth-order valence-electron chi connectivity index (χ4n) is 3.48. The molecule has 2 aromatic rings. The number of carbonyl (C=O) groups is 2. The van der Waals surface area contributed by atoms with Crippen LogP contribution in [-0.2, 0) is 4.79 Å². The normalized spacial score (nSPS) is 14.7. The number of piperazine rings is 1. The molecule has 0 spiro atoms. The molecular formula is C23H26N4O2. The lowest BCUT2D eigenvalue weighted by Crippen LogP contribution is -2.50. The molecule has 1 fully saturated rings. The first-order chi connectivity index (χ1) is 14.1. The molecule has 0 saturated carbocycles. The van der Waals surface area contributed by atoms with E-state index in [9.17, 15) is 9.59 Å². The quantitative estimate of drug-likeness (QED) is 0.821. The highest BCUT2D eigenvalue weighted by molar-refractivity contribution is 5.96. The van der Waals surface area contributed by atoms with Crippen LogP contribution in [0.5, 0.6) is 0 Å². The van der Waals surface area contributed by atoms with Gasteiger partial charge in [0.1, 0.15) is 6.54 Å². The Kier molecular flexibility index (Phi) is 6.99. The Morgan fingerprint density at radius 3 is 2.38 bits per heavy atom. The van der Waals surface area contributed by atoms with Crippen molar-refractivity contribution in [3.63, 3.8) is 0 Å². The van der Waals surface area contributed by atoms with E-state index in [1.165, 1.54) is 0 Å². The van der Waals surface area contributed by atoms with E-state index in [4.69, 9.17) is 5.26 Å². The number of carbonyl (C=O) groups excluding carboxylic acids is 2. The third-order valence-corrected chi connectivity index (χ3v) is 5.21. The summed E-state index contributed by atoms with van der Waals surface area (Å²) in [6.07, 6.45) is 0.